The van der Waals surface area contributed by atoms with E-state index in [2.05, 4.69) is 17.0 Å². The number of methoxy groups -OCH3 is 1. The number of nitrogens with zero attached hydrogens (tertiary/aromatic N) is 3. The van der Waals surface area contributed by atoms with Gasteiger partial charge in [-0.2, -0.15) is 0 Å². The molecule has 2 aliphatic rings. The molecule has 1 saturated heterocycles. The van der Waals surface area contributed by atoms with Gasteiger partial charge in [-0.1, -0.05) is 12.1 Å². The zero-order chi connectivity index (χ0) is 17.2. The molecule has 24 heavy (non-hydrogen) atoms. The van der Waals surface area contributed by atoms with Crippen LogP contribution in [0.2, 0.25) is 0 Å². The van der Waals surface area contributed by atoms with Crippen LogP contribution in [-0.4, -0.2) is 66.9 Å². The third-order valence-electron chi connectivity index (χ3n) is 4.84. The van der Waals surface area contributed by atoms with E-state index in [9.17, 15) is 4.79 Å². The van der Waals surface area contributed by atoms with E-state index < -0.39 is 5.60 Å². The third kappa shape index (κ3) is 3.24. The van der Waals surface area contributed by atoms with Gasteiger partial charge in [0, 0.05) is 32.6 Å². The van der Waals surface area contributed by atoms with Crippen molar-refractivity contribution in [3.63, 3.8) is 0 Å². The van der Waals surface area contributed by atoms with Crippen molar-refractivity contribution in [2.75, 3.05) is 39.8 Å². The largest absolute Gasteiger partial charge is 0.497 e. The molecule has 6 nitrogen and oxygen atoms in total. The summed E-state index contributed by atoms with van der Waals surface area (Å²) in [7, 11) is 1.64. The summed E-state index contributed by atoms with van der Waals surface area (Å²) in [6.45, 7) is 8.36. The fourth-order valence-electron chi connectivity index (χ4n) is 3.19. The Labute approximate surface area is 143 Å². The van der Waals surface area contributed by atoms with Crippen molar-refractivity contribution in [1.29, 1.82) is 0 Å². The molecule has 0 saturated carbocycles. The zero-order valence-electron chi connectivity index (χ0n) is 14.6. The predicted molar refractivity (Wildman–Crippen MR) is 92.3 cm³/mol. The summed E-state index contributed by atoms with van der Waals surface area (Å²) in [6.07, 6.45) is 0.492. The normalized spacial score (nSPS) is 24.5. The van der Waals surface area contributed by atoms with Gasteiger partial charge in [0.15, 0.2) is 0 Å². The highest BCUT2D eigenvalue weighted by Gasteiger charge is 2.45. The van der Waals surface area contributed by atoms with Crippen LogP contribution in [0, 0.1) is 0 Å². The minimum absolute atomic E-state index is 0.0329. The summed E-state index contributed by atoms with van der Waals surface area (Å²) in [6, 6.07) is 7.66. The lowest BCUT2D eigenvalue weighted by Gasteiger charge is -2.37. The average molecular weight is 331 g/mol. The second-order valence-corrected chi connectivity index (χ2v) is 6.49. The van der Waals surface area contributed by atoms with Crippen LogP contribution in [0.1, 0.15) is 25.8 Å². The molecule has 1 amide bonds. The first-order valence-corrected chi connectivity index (χ1v) is 8.47. The number of ether oxygens (including phenoxy) is 1. The highest BCUT2D eigenvalue weighted by Crippen LogP contribution is 2.29. The van der Waals surface area contributed by atoms with Gasteiger partial charge in [-0.05, 0) is 43.3 Å². The molecule has 130 valence electrons. The Morgan fingerprint density at radius 1 is 1.25 bits per heavy atom. The lowest BCUT2D eigenvalue weighted by molar-refractivity contribution is -0.155. The standard InChI is InChI=1S/C18H25N3O3/c1-4-20-9-11-21(12-10-20)17(22)18(2)13-16(19-24-18)14-5-7-15(23-3)8-6-14/h5-8H,4,9-13H2,1-3H3. The monoisotopic (exact) mass is 331 g/mol. The van der Waals surface area contributed by atoms with E-state index in [-0.39, 0.29) is 5.91 Å². The molecule has 1 atom stereocenters. The molecule has 6 heteroatoms. The average Bonchev–Trinajstić information content (AvgIpc) is 3.05. The maximum atomic E-state index is 12.9. The lowest BCUT2D eigenvalue weighted by Crippen LogP contribution is -2.54. The number of oxime groups is 1. The molecule has 0 spiro atoms. The summed E-state index contributed by atoms with van der Waals surface area (Å²) in [5.41, 5.74) is 0.868. The van der Waals surface area contributed by atoms with E-state index in [0.717, 1.165) is 49.7 Å². The Morgan fingerprint density at radius 2 is 1.92 bits per heavy atom. The number of likely N-dealkylation sites (N-methyl/N-ethyl adjacent to an activating group) is 1. The number of hydrogen-bond donors (Lipinski definition) is 0. The number of benzene rings is 1. The second kappa shape index (κ2) is 6.81. The van der Waals surface area contributed by atoms with Crippen LogP contribution in [0.25, 0.3) is 0 Å². The van der Waals surface area contributed by atoms with Crippen molar-refractivity contribution in [3.05, 3.63) is 29.8 Å². The van der Waals surface area contributed by atoms with Gasteiger partial charge < -0.3 is 19.4 Å². The number of hydrogen-bond acceptors (Lipinski definition) is 5. The molecule has 1 aromatic carbocycles. The fourth-order valence-corrected chi connectivity index (χ4v) is 3.19. The van der Waals surface area contributed by atoms with Crippen LogP contribution in [-0.2, 0) is 9.63 Å². The maximum Gasteiger partial charge on any atom is 0.269 e. The molecular formula is C18H25N3O3. The van der Waals surface area contributed by atoms with Crippen molar-refractivity contribution in [2.45, 2.75) is 25.9 Å². The molecule has 1 unspecified atom stereocenters. The summed E-state index contributed by atoms with van der Waals surface area (Å²) in [4.78, 5) is 22.7. The highest BCUT2D eigenvalue weighted by atomic mass is 16.7. The van der Waals surface area contributed by atoms with Crippen LogP contribution in [0.3, 0.4) is 0 Å². The minimum atomic E-state index is -0.899. The van der Waals surface area contributed by atoms with Crippen molar-refractivity contribution in [2.24, 2.45) is 5.16 Å². The van der Waals surface area contributed by atoms with Gasteiger partial charge in [-0.25, -0.2) is 0 Å². The van der Waals surface area contributed by atoms with E-state index in [1.165, 1.54) is 0 Å². The first-order valence-electron chi connectivity index (χ1n) is 8.47. The van der Waals surface area contributed by atoms with Crippen LogP contribution in [0.15, 0.2) is 29.4 Å². The molecule has 0 radical (unpaired) electrons. The van der Waals surface area contributed by atoms with Gasteiger partial charge >= 0.3 is 0 Å². The molecule has 0 aromatic heterocycles. The van der Waals surface area contributed by atoms with Gasteiger partial charge in [0.25, 0.3) is 5.91 Å². The van der Waals surface area contributed by atoms with Gasteiger partial charge in [0.05, 0.1) is 12.8 Å². The number of carbonyl (C=O) groups excluding carboxylic acids is 1. The number of rotatable bonds is 4. The van der Waals surface area contributed by atoms with E-state index in [4.69, 9.17) is 9.57 Å². The Hall–Kier alpha value is -2.08. The van der Waals surface area contributed by atoms with Crippen LogP contribution < -0.4 is 4.74 Å². The summed E-state index contributed by atoms with van der Waals surface area (Å²) in [5.74, 6) is 0.830. The molecule has 2 aliphatic heterocycles. The van der Waals surface area contributed by atoms with Crippen LogP contribution in [0.5, 0.6) is 5.75 Å². The van der Waals surface area contributed by atoms with Crippen molar-refractivity contribution in [3.8, 4) is 5.75 Å². The SMILES string of the molecule is CCN1CCN(C(=O)C2(C)CC(c3ccc(OC)cc3)=NO2)CC1. The van der Waals surface area contributed by atoms with Crippen molar-refractivity contribution in [1.82, 2.24) is 9.80 Å². The van der Waals surface area contributed by atoms with Crippen LogP contribution in [0.4, 0.5) is 0 Å². The number of carbonyl (C=O) groups is 1. The highest BCUT2D eigenvalue weighted by molar-refractivity contribution is 6.05. The predicted octanol–water partition coefficient (Wildman–Crippen LogP) is 1.74. The first kappa shape index (κ1) is 16.8. The topological polar surface area (TPSA) is 54.4 Å². The van der Waals surface area contributed by atoms with Crippen LogP contribution >= 0.6 is 0 Å². The quantitative estimate of drug-likeness (QED) is 0.843. The summed E-state index contributed by atoms with van der Waals surface area (Å²) < 4.78 is 5.17. The molecule has 2 heterocycles. The zero-order valence-corrected chi connectivity index (χ0v) is 14.6. The maximum absolute atomic E-state index is 12.9. The smallest absolute Gasteiger partial charge is 0.269 e. The Bertz CT molecular complexity index is 621. The third-order valence-corrected chi connectivity index (χ3v) is 4.84. The van der Waals surface area contributed by atoms with Gasteiger partial charge in [0.1, 0.15) is 5.75 Å². The van der Waals surface area contributed by atoms with Gasteiger partial charge in [-0.3, -0.25) is 4.79 Å². The van der Waals surface area contributed by atoms with E-state index in [0.29, 0.717) is 6.42 Å². The fraction of sp³-hybridized carbons (Fsp3) is 0.556. The van der Waals surface area contributed by atoms with E-state index in [1.807, 2.05) is 36.1 Å². The first-order chi connectivity index (χ1) is 11.6. The summed E-state index contributed by atoms with van der Waals surface area (Å²) >= 11 is 0. The van der Waals surface area contributed by atoms with Gasteiger partial charge in [0.2, 0.25) is 5.60 Å². The van der Waals surface area contributed by atoms with Crippen molar-refractivity contribution < 1.29 is 14.4 Å². The molecule has 1 fully saturated rings. The number of amides is 1. The summed E-state index contributed by atoms with van der Waals surface area (Å²) in [5, 5.41) is 4.18. The second-order valence-electron chi connectivity index (χ2n) is 6.49. The van der Waals surface area contributed by atoms with Gasteiger partial charge in [-0.15, -0.1) is 0 Å². The Kier molecular flexibility index (Phi) is 4.76. The molecule has 1 aromatic rings. The molecule has 0 N–H and O–H groups in total. The molecule has 3 rings (SSSR count). The number of piperazine rings is 1. The lowest BCUT2D eigenvalue weighted by atomic mass is 9.94. The molecule has 0 aliphatic carbocycles. The van der Waals surface area contributed by atoms with E-state index in [1.54, 1.807) is 7.11 Å². The Balaban J connectivity index is 1.64. The Morgan fingerprint density at radius 3 is 2.50 bits per heavy atom. The minimum Gasteiger partial charge on any atom is -0.497 e. The van der Waals surface area contributed by atoms with E-state index >= 15 is 0 Å². The molecular weight excluding hydrogens is 306 g/mol. The molecule has 0 bridgehead atoms. The van der Waals surface area contributed by atoms with Crippen molar-refractivity contribution >= 4 is 11.6 Å².